The average molecular weight is 296 g/mol. The van der Waals surface area contributed by atoms with E-state index in [1.807, 2.05) is 0 Å². The summed E-state index contributed by atoms with van der Waals surface area (Å²) in [6, 6.07) is 3.80. The lowest BCUT2D eigenvalue weighted by atomic mass is 10.3. The minimum atomic E-state index is -3.32. The van der Waals surface area contributed by atoms with Crippen LogP contribution in [0.1, 0.15) is 13.3 Å². The molecule has 0 unspecified atom stereocenters. The third-order valence-corrected chi connectivity index (χ3v) is 3.80. The summed E-state index contributed by atoms with van der Waals surface area (Å²) < 4.78 is 38.3. The Morgan fingerprint density at radius 2 is 2.13 bits per heavy atom. The Bertz CT molecular complexity index is 447. The second-order valence-electron chi connectivity index (χ2n) is 3.05. The molecule has 15 heavy (non-hydrogen) atoms. The second kappa shape index (κ2) is 4.94. The molecule has 1 rings (SSSR count). The number of anilines is 1. The first-order valence-electron chi connectivity index (χ1n) is 4.40. The molecule has 0 bridgehead atoms. The highest BCUT2D eigenvalue weighted by atomic mass is 79.9. The van der Waals surface area contributed by atoms with Crippen molar-refractivity contribution in [2.24, 2.45) is 0 Å². The van der Waals surface area contributed by atoms with Crippen molar-refractivity contribution in [1.82, 2.24) is 0 Å². The van der Waals surface area contributed by atoms with Gasteiger partial charge in [0.15, 0.2) is 0 Å². The van der Waals surface area contributed by atoms with Crippen LogP contribution in [-0.4, -0.2) is 14.2 Å². The van der Waals surface area contributed by atoms with E-state index in [9.17, 15) is 12.8 Å². The minimum absolute atomic E-state index is 0.0524. The number of nitrogens with one attached hydrogen (secondary N) is 1. The van der Waals surface area contributed by atoms with Crippen molar-refractivity contribution in [2.45, 2.75) is 13.3 Å². The molecule has 1 N–H and O–H groups in total. The van der Waals surface area contributed by atoms with Gasteiger partial charge >= 0.3 is 0 Å². The third-order valence-electron chi connectivity index (χ3n) is 1.67. The molecule has 0 amide bonds. The molecule has 1 aromatic rings. The highest BCUT2D eigenvalue weighted by Gasteiger charge is 2.11. The molecular weight excluding hydrogens is 285 g/mol. The maximum absolute atomic E-state index is 12.7. The normalized spacial score (nSPS) is 11.4. The van der Waals surface area contributed by atoms with Crippen LogP contribution in [0.3, 0.4) is 0 Å². The third kappa shape index (κ3) is 3.79. The Kier molecular flexibility index (Phi) is 4.10. The van der Waals surface area contributed by atoms with Gasteiger partial charge in [0.2, 0.25) is 10.0 Å². The van der Waals surface area contributed by atoms with E-state index in [0.29, 0.717) is 16.6 Å². The molecule has 0 saturated carbocycles. The van der Waals surface area contributed by atoms with Gasteiger partial charge in [-0.25, -0.2) is 12.8 Å². The van der Waals surface area contributed by atoms with E-state index in [4.69, 9.17) is 0 Å². The first-order chi connectivity index (χ1) is 6.94. The first kappa shape index (κ1) is 12.4. The molecule has 0 saturated heterocycles. The van der Waals surface area contributed by atoms with Crippen LogP contribution in [0, 0.1) is 5.82 Å². The molecule has 0 aromatic heterocycles. The van der Waals surface area contributed by atoms with Crippen molar-refractivity contribution < 1.29 is 12.8 Å². The summed E-state index contributed by atoms with van der Waals surface area (Å²) in [5.74, 6) is -0.364. The summed E-state index contributed by atoms with van der Waals surface area (Å²) in [7, 11) is -3.32. The van der Waals surface area contributed by atoms with Crippen LogP contribution in [0.5, 0.6) is 0 Å². The number of sulfonamides is 1. The predicted octanol–water partition coefficient (Wildman–Crippen LogP) is 2.74. The van der Waals surface area contributed by atoms with Gasteiger partial charge in [0.05, 0.1) is 11.4 Å². The smallest absolute Gasteiger partial charge is 0.232 e. The summed E-state index contributed by atoms with van der Waals surface area (Å²) in [5, 5.41) is 0. The number of benzene rings is 1. The molecule has 0 aliphatic heterocycles. The fourth-order valence-electron chi connectivity index (χ4n) is 1.06. The monoisotopic (exact) mass is 295 g/mol. The van der Waals surface area contributed by atoms with Crippen LogP contribution in [0.2, 0.25) is 0 Å². The van der Waals surface area contributed by atoms with Crippen LogP contribution in [0.25, 0.3) is 0 Å². The van der Waals surface area contributed by atoms with Crippen molar-refractivity contribution in [3.8, 4) is 0 Å². The Morgan fingerprint density at radius 3 is 2.67 bits per heavy atom. The zero-order chi connectivity index (χ0) is 11.5. The van der Waals surface area contributed by atoms with Crippen LogP contribution in [0.15, 0.2) is 22.7 Å². The number of halogens is 2. The van der Waals surface area contributed by atoms with Crippen molar-refractivity contribution in [3.05, 3.63) is 28.5 Å². The fourth-order valence-corrected chi connectivity index (χ4v) is 2.79. The van der Waals surface area contributed by atoms with E-state index >= 15 is 0 Å². The molecule has 6 heteroatoms. The standard InChI is InChI=1S/C9H11BrFNO2S/c1-2-5-15(13,14)12-9-4-3-7(11)6-8(9)10/h3-4,6,12H,2,5H2,1H3. The highest BCUT2D eigenvalue weighted by Crippen LogP contribution is 2.24. The second-order valence-corrected chi connectivity index (χ2v) is 5.74. The molecule has 0 aliphatic rings. The summed E-state index contributed by atoms with van der Waals surface area (Å²) in [6.45, 7) is 1.78. The van der Waals surface area contributed by atoms with Crippen molar-refractivity contribution in [2.75, 3.05) is 10.5 Å². The molecule has 0 spiro atoms. The van der Waals surface area contributed by atoms with Gasteiger partial charge in [-0.3, -0.25) is 4.72 Å². The van der Waals surface area contributed by atoms with Gasteiger partial charge in [0, 0.05) is 4.47 Å². The lowest BCUT2D eigenvalue weighted by Crippen LogP contribution is -2.16. The molecule has 0 aliphatic carbocycles. The molecular formula is C9H11BrFNO2S. The van der Waals surface area contributed by atoms with E-state index in [0.717, 1.165) is 0 Å². The molecule has 0 heterocycles. The topological polar surface area (TPSA) is 46.2 Å². The van der Waals surface area contributed by atoms with Gasteiger partial charge in [-0.1, -0.05) is 6.92 Å². The predicted molar refractivity (Wildman–Crippen MR) is 61.8 cm³/mol. The zero-order valence-electron chi connectivity index (χ0n) is 8.13. The van der Waals surface area contributed by atoms with E-state index in [1.165, 1.54) is 18.2 Å². The van der Waals surface area contributed by atoms with Gasteiger partial charge in [-0.15, -0.1) is 0 Å². The summed E-state index contributed by atoms with van der Waals surface area (Å²) in [4.78, 5) is 0. The van der Waals surface area contributed by atoms with E-state index in [-0.39, 0.29) is 5.75 Å². The number of hydrogen-bond donors (Lipinski definition) is 1. The maximum atomic E-state index is 12.7. The van der Waals surface area contributed by atoms with Crippen molar-refractivity contribution >= 4 is 31.6 Å². The zero-order valence-corrected chi connectivity index (χ0v) is 10.5. The van der Waals surface area contributed by atoms with Crippen molar-refractivity contribution in [1.29, 1.82) is 0 Å². The lowest BCUT2D eigenvalue weighted by molar-refractivity contribution is 0.599. The largest absolute Gasteiger partial charge is 0.282 e. The number of hydrogen-bond acceptors (Lipinski definition) is 2. The molecule has 0 fully saturated rings. The van der Waals surface area contributed by atoms with Gasteiger partial charge in [-0.2, -0.15) is 0 Å². The van der Waals surface area contributed by atoms with Crippen LogP contribution in [0.4, 0.5) is 10.1 Å². The quantitative estimate of drug-likeness (QED) is 0.928. The van der Waals surface area contributed by atoms with Gasteiger partial charge in [0.25, 0.3) is 0 Å². The van der Waals surface area contributed by atoms with Crippen LogP contribution in [-0.2, 0) is 10.0 Å². The van der Waals surface area contributed by atoms with Gasteiger partial charge in [-0.05, 0) is 40.5 Å². The summed E-state index contributed by atoms with van der Waals surface area (Å²) in [5.41, 5.74) is 0.352. The average Bonchev–Trinajstić information content (AvgIpc) is 2.09. The molecule has 84 valence electrons. The molecule has 1 aromatic carbocycles. The van der Waals surface area contributed by atoms with Gasteiger partial charge in [0.1, 0.15) is 5.82 Å². The Labute approximate surface area is 96.9 Å². The lowest BCUT2D eigenvalue weighted by Gasteiger charge is -2.08. The molecule has 0 atom stereocenters. The SMILES string of the molecule is CCCS(=O)(=O)Nc1ccc(F)cc1Br. The number of rotatable bonds is 4. The van der Waals surface area contributed by atoms with Crippen LogP contribution < -0.4 is 4.72 Å². The molecule has 3 nitrogen and oxygen atoms in total. The summed E-state index contributed by atoms with van der Waals surface area (Å²) in [6.07, 6.45) is 0.536. The van der Waals surface area contributed by atoms with E-state index in [1.54, 1.807) is 6.92 Å². The summed E-state index contributed by atoms with van der Waals surface area (Å²) >= 11 is 3.08. The Balaban J connectivity index is 2.90. The maximum Gasteiger partial charge on any atom is 0.232 e. The Hall–Kier alpha value is -0.620. The highest BCUT2D eigenvalue weighted by molar-refractivity contribution is 9.10. The van der Waals surface area contributed by atoms with Crippen molar-refractivity contribution in [3.63, 3.8) is 0 Å². The van der Waals surface area contributed by atoms with E-state index in [2.05, 4.69) is 20.7 Å². The van der Waals surface area contributed by atoms with Crippen LogP contribution >= 0.6 is 15.9 Å². The Morgan fingerprint density at radius 1 is 1.47 bits per heavy atom. The minimum Gasteiger partial charge on any atom is -0.282 e. The van der Waals surface area contributed by atoms with Gasteiger partial charge < -0.3 is 0 Å². The molecule has 0 radical (unpaired) electrons. The van der Waals surface area contributed by atoms with E-state index < -0.39 is 15.8 Å². The first-order valence-corrected chi connectivity index (χ1v) is 6.84. The fraction of sp³-hybridized carbons (Fsp3) is 0.333.